The van der Waals surface area contributed by atoms with Crippen molar-refractivity contribution in [2.24, 2.45) is 0 Å². The molecule has 2 aromatic carbocycles. The Morgan fingerprint density at radius 1 is 1.04 bits per heavy atom. The fourth-order valence-electron chi connectivity index (χ4n) is 2.46. The normalized spacial score (nSPS) is 12.6. The zero-order valence-corrected chi connectivity index (χ0v) is 14.5. The lowest BCUT2D eigenvalue weighted by molar-refractivity contribution is 0.0937. The third kappa shape index (κ3) is 4.13. The first-order valence-corrected chi connectivity index (χ1v) is 7.87. The Morgan fingerprint density at radius 2 is 1.65 bits per heavy atom. The van der Waals surface area contributed by atoms with E-state index in [9.17, 15) is 4.79 Å². The van der Waals surface area contributed by atoms with Crippen molar-refractivity contribution < 1.29 is 9.53 Å². The van der Waals surface area contributed by atoms with Crippen molar-refractivity contribution in [3.05, 3.63) is 65.2 Å². The topological polar surface area (TPSA) is 38.3 Å². The fourth-order valence-corrected chi connectivity index (χ4v) is 2.46. The maximum absolute atomic E-state index is 12.4. The maximum Gasteiger partial charge on any atom is 0.255 e. The second-order valence-corrected chi connectivity index (χ2v) is 6.77. The average molecular weight is 311 g/mol. The van der Waals surface area contributed by atoms with Crippen LogP contribution in [0.2, 0.25) is 0 Å². The Kier molecular flexibility index (Phi) is 5.09. The van der Waals surface area contributed by atoms with Gasteiger partial charge in [0.2, 0.25) is 0 Å². The summed E-state index contributed by atoms with van der Waals surface area (Å²) in [5.41, 5.74) is 3.04. The van der Waals surface area contributed by atoms with Crippen LogP contribution in [0, 0.1) is 0 Å². The number of hydrogen-bond donors (Lipinski definition) is 1. The molecule has 0 spiro atoms. The number of hydrogen-bond acceptors (Lipinski definition) is 2. The predicted octanol–water partition coefficient (Wildman–Crippen LogP) is 4.48. The lowest BCUT2D eigenvalue weighted by atomic mass is 9.86. The van der Waals surface area contributed by atoms with Gasteiger partial charge in [0.05, 0.1) is 18.7 Å². The molecule has 0 unspecified atom stereocenters. The van der Waals surface area contributed by atoms with Crippen molar-refractivity contribution in [2.75, 3.05) is 7.11 Å². The molecule has 0 heterocycles. The smallest absolute Gasteiger partial charge is 0.255 e. The number of carbonyl (C=O) groups excluding carboxylic acids is 1. The minimum Gasteiger partial charge on any atom is -0.496 e. The van der Waals surface area contributed by atoms with Gasteiger partial charge in [-0.3, -0.25) is 4.79 Å². The standard InChI is InChI=1S/C20H25NO2/c1-14(15-10-12-16(13-11-15)20(2,3)4)21-19(22)17-8-6-7-9-18(17)23-5/h6-14H,1-5H3,(H,21,22)/t14-/m1/s1. The van der Waals surface area contributed by atoms with E-state index in [4.69, 9.17) is 4.74 Å². The number of ether oxygens (including phenoxy) is 1. The Labute approximate surface area is 138 Å². The van der Waals surface area contributed by atoms with Gasteiger partial charge in [-0.05, 0) is 35.6 Å². The van der Waals surface area contributed by atoms with Gasteiger partial charge in [0, 0.05) is 0 Å². The molecule has 0 radical (unpaired) electrons. The van der Waals surface area contributed by atoms with Crippen LogP contribution in [0.5, 0.6) is 5.75 Å². The second kappa shape index (κ2) is 6.86. The van der Waals surface area contributed by atoms with Gasteiger partial charge in [-0.1, -0.05) is 57.2 Å². The molecule has 2 aromatic rings. The van der Waals surface area contributed by atoms with Gasteiger partial charge in [-0.25, -0.2) is 0 Å². The van der Waals surface area contributed by atoms with E-state index in [1.54, 1.807) is 19.2 Å². The lowest BCUT2D eigenvalue weighted by Gasteiger charge is -2.21. The molecule has 0 aliphatic rings. The van der Waals surface area contributed by atoms with Crippen LogP contribution >= 0.6 is 0 Å². The molecule has 3 nitrogen and oxygen atoms in total. The largest absolute Gasteiger partial charge is 0.496 e. The van der Waals surface area contributed by atoms with Crippen LogP contribution in [-0.4, -0.2) is 13.0 Å². The molecule has 0 aliphatic heterocycles. The average Bonchev–Trinajstić information content (AvgIpc) is 2.54. The Bertz CT molecular complexity index is 669. The molecule has 0 saturated carbocycles. The van der Waals surface area contributed by atoms with E-state index >= 15 is 0 Å². The summed E-state index contributed by atoms with van der Waals surface area (Å²) in [6.45, 7) is 8.55. The van der Waals surface area contributed by atoms with Gasteiger partial charge in [0.25, 0.3) is 5.91 Å². The lowest BCUT2D eigenvalue weighted by Crippen LogP contribution is -2.27. The molecule has 3 heteroatoms. The Balaban J connectivity index is 2.12. The number of carbonyl (C=O) groups is 1. The van der Waals surface area contributed by atoms with Crippen molar-refractivity contribution >= 4 is 5.91 Å². The van der Waals surface area contributed by atoms with Crippen molar-refractivity contribution in [1.29, 1.82) is 0 Å². The summed E-state index contributed by atoms with van der Waals surface area (Å²) in [6, 6.07) is 15.6. The van der Waals surface area contributed by atoms with Gasteiger partial charge in [-0.15, -0.1) is 0 Å². The Morgan fingerprint density at radius 3 is 2.22 bits per heavy atom. The molecule has 1 atom stereocenters. The molecular weight excluding hydrogens is 286 g/mol. The summed E-state index contributed by atoms with van der Waals surface area (Å²) in [7, 11) is 1.57. The molecule has 0 saturated heterocycles. The summed E-state index contributed by atoms with van der Waals surface area (Å²) >= 11 is 0. The number of amides is 1. The van der Waals surface area contributed by atoms with Crippen LogP contribution in [0.25, 0.3) is 0 Å². The first-order valence-electron chi connectivity index (χ1n) is 7.87. The van der Waals surface area contributed by atoms with Crippen molar-refractivity contribution in [3.63, 3.8) is 0 Å². The highest BCUT2D eigenvalue weighted by atomic mass is 16.5. The quantitative estimate of drug-likeness (QED) is 0.904. The third-order valence-corrected chi connectivity index (χ3v) is 3.98. The molecular formula is C20H25NO2. The summed E-state index contributed by atoms with van der Waals surface area (Å²) in [6.07, 6.45) is 0. The second-order valence-electron chi connectivity index (χ2n) is 6.77. The minimum absolute atomic E-state index is 0.0681. The predicted molar refractivity (Wildman–Crippen MR) is 94.0 cm³/mol. The van der Waals surface area contributed by atoms with Crippen LogP contribution in [0.15, 0.2) is 48.5 Å². The SMILES string of the molecule is COc1ccccc1C(=O)N[C@H](C)c1ccc(C(C)(C)C)cc1. The van der Waals surface area contributed by atoms with Gasteiger partial charge >= 0.3 is 0 Å². The Hall–Kier alpha value is -2.29. The molecule has 1 N–H and O–H groups in total. The van der Waals surface area contributed by atoms with E-state index in [0.29, 0.717) is 11.3 Å². The van der Waals surface area contributed by atoms with E-state index in [0.717, 1.165) is 5.56 Å². The third-order valence-electron chi connectivity index (χ3n) is 3.98. The van der Waals surface area contributed by atoms with E-state index in [1.165, 1.54) is 5.56 Å². The maximum atomic E-state index is 12.4. The van der Waals surface area contributed by atoms with Crippen molar-refractivity contribution in [1.82, 2.24) is 5.32 Å². The van der Waals surface area contributed by atoms with Crippen molar-refractivity contribution in [2.45, 2.75) is 39.2 Å². The van der Waals surface area contributed by atoms with E-state index in [2.05, 4.69) is 50.4 Å². The summed E-state index contributed by atoms with van der Waals surface area (Å²) < 4.78 is 5.25. The number of para-hydroxylation sites is 1. The van der Waals surface area contributed by atoms with Crippen LogP contribution < -0.4 is 10.1 Å². The van der Waals surface area contributed by atoms with Gasteiger partial charge in [0.15, 0.2) is 0 Å². The first kappa shape index (κ1) is 17.1. The summed E-state index contributed by atoms with van der Waals surface area (Å²) in [5.74, 6) is 0.454. The van der Waals surface area contributed by atoms with E-state index in [1.807, 2.05) is 19.1 Å². The number of methoxy groups -OCH3 is 1. The molecule has 0 fully saturated rings. The van der Waals surface area contributed by atoms with E-state index in [-0.39, 0.29) is 17.4 Å². The highest BCUT2D eigenvalue weighted by molar-refractivity contribution is 5.97. The van der Waals surface area contributed by atoms with Gasteiger partial charge < -0.3 is 10.1 Å². The number of nitrogens with one attached hydrogen (secondary N) is 1. The summed E-state index contributed by atoms with van der Waals surface area (Å²) in [5, 5.41) is 3.03. The van der Waals surface area contributed by atoms with Crippen molar-refractivity contribution in [3.8, 4) is 5.75 Å². The van der Waals surface area contributed by atoms with Crippen LogP contribution in [0.1, 0.15) is 55.2 Å². The molecule has 0 aromatic heterocycles. The minimum atomic E-state index is -0.130. The van der Waals surface area contributed by atoms with Crippen LogP contribution in [0.4, 0.5) is 0 Å². The number of rotatable bonds is 4. The summed E-state index contributed by atoms with van der Waals surface area (Å²) in [4.78, 5) is 12.4. The molecule has 0 bridgehead atoms. The molecule has 0 aliphatic carbocycles. The van der Waals surface area contributed by atoms with E-state index < -0.39 is 0 Å². The fraction of sp³-hybridized carbons (Fsp3) is 0.350. The molecule has 2 rings (SSSR count). The molecule has 1 amide bonds. The highest BCUT2D eigenvalue weighted by Crippen LogP contribution is 2.24. The highest BCUT2D eigenvalue weighted by Gasteiger charge is 2.17. The number of benzene rings is 2. The van der Waals surface area contributed by atoms with Crippen LogP contribution in [0.3, 0.4) is 0 Å². The molecule has 23 heavy (non-hydrogen) atoms. The zero-order chi connectivity index (χ0) is 17.0. The van der Waals surface area contributed by atoms with Gasteiger partial charge in [0.1, 0.15) is 5.75 Å². The van der Waals surface area contributed by atoms with Crippen LogP contribution in [-0.2, 0) is 5.41 Å². The van der Waals surface area contributed by atoms with Gasteiger partial charge in [-0.2, -0.15) is 0 Å². The first-order chi connectivity index (χ1) is 10.8. The monoisotopic (exact) mass is 311 g/mol. The molecule has 122 valence electrons. The zero-order valence-electron chi connectivity index (χ0n) is 14.5.